The van der Waals surface area contributed by atoms with E-state index in [1.807, 2.05) is 0 Å². The van der Waals surface area contributed by atoms with Crippen LogP contribution in [0.1, 0.15) is 106 Å². The molecule has 0 amide bonds. The molecule has 2 unspecified atom stereocenters. The van der Waals surface area contributed by atoms with Gasteiger partial charge in [-0.05, 0) is 42.4 Å². The molecule has 0 N–H and O–H groups in total. The molecule has 0 aromatic heterocycles. The van der Waals surface area contributed by atoms with Gasteiger partial charge in [0.2, 0.25) is 0 Å². The van der Waals surface area contributed by atoms with E-state index in [0.29, 0.717) is 5.41 Å². The van der Waals surface area contributed by atoms with Gasteiger partial charge in [-0.2, -0.15) is 0 Å². The molecule has 0 saturated heterocycles. The van der Waals surface area contributed by atoms with E-state index >= 15 is 0 Å². The van der Waals surface area contributed by atoms with Gasteiger partial charge >= 0.3 is 0 Å². The SMILES string of the molecule is CCCCC(CC)C(C)CC(CCC)(CCC)C(C)C. The second-order valence-electron chi connectivity index (χ2n) is 7.51. The average molecular weight is 283 g/mol. The van der Waals surface area contributed by atoms with Crippen LogP contribution in [0.2, 0.25) is 0 Å². The molecule has 0 aromatic rings. The highest BCUT2D eigenvalue weighted by atomic mass is 14.4. The highest BCUT2D eigenvalue weighted by Gasteiger charge is 2.34. The van der Waals surface area contributed by atoms with Crippen LogP contribution in [0.3, 0.4) is 0 Å². The fourth-order valence-electron chi connectivity index (χ4n) is 4.30. The standard InChI is InChI=1S/C20H42/c1-8-12-13-19(11-4)18(7)16-20(14-9-2,15-10-3)17(5)6/h17-19H,8-16H2,1-7H3. The first-order valence-electron chi connectivity index (χ1n) is 9.47. The van der Waals surface area contributed by atoms with E-state index in [0.717, 1.165) is 17.8 Å². The van der Waals surface area contributed by atoms with Gasteiger partial charge in [-0.25, -0.2) is 0 Å². The Morgan fingerprint density at radius 1 is 0.800 bits per heavy atom. The molecule has 0 bridgehead atoms. The summed E-state index contributed by atoms with van der Waals surface area (Å²) < 4.78 is 0. The number of unbranched alkanes of at least 4 members (excludes halogenated alkanes) is 1. The third-order valence-corrected chi connectivity index (χ3v) is 5.71. The zero-order valence-electron chi connectivity index (χ0n) is 15.6. The van der Waals surface area contributed by atoms with Gasteiger partial charge in [0.1, 0.15) is 0 Å². The molecule has 0 spiro atoms. The monoisotopic (exact) mass is 282 g/mol. The first kappa shape index (κ1) is 20.0. The van der Waals surface area contributed by atoms with Crippen LogP contribution in [0.5, 0.6) is 0 Å². The lowest BCUT2D eigenvalue weighted by Gasteiger charge is -2.41. The van der Waals surface area contributed by atoms with Crippen molar-refractivity contribution >= 4 is 0 Å². The lowest BCUT2D eigenvalue weighted by molar-refractivity contribution is 0.0897. The lowest BCUT2D eigenvalue weighted by Crippen LogP contribution is -2.31. The summed E-state index contributed by atoms with van der Waals surface area (Å²) in [6.45, 7) is 16.9. The van der Waals surface area contributed by atoms with E-state index in [2.05, 4.69) is 48.5 Å². The third kappa shape index (κ3) is 6.19. The Balaban J connectivity index is 4.83. The minimum atomic E-state index is 0.600. The van der Waals surface area contributed by atoms with Gasteiger partial charge < -0.3 is 0 Å². The van der Waals surface area contributed by atoms with E-state index in [4.69, 9.17) is 0 Å². The zero-order valence-corrected chi connectivity index (χ0v) is 15.6. The Kier molecular flexibility index (Phi) is 10.7. The molecule has 0 radical (unpaired) electrons. The molecule has 20 heavy (non-hydrogen) atoms. The molecule has 0 heteroatoms. The van der Waals surface area contributed by atoms with Crippen molar-refractivity contribution in [3.05, 3.63) is 0 Å². The van der Waals surface area contributed by atoms with E-state index < -0.39 is 0 Å². The van der Waals surface area contributed by atoms with Crippen LogP contribution in [0.25, 0.3) is 0 Å². The Hall–Kier alpha value is 0. The van der Waals surface area contributed by atoms with Crippen LogP contribution in [-0.2, 0) is 0 Å². The summed E-state index contributed by atoms with van der Waals surface area (Å²) in [6.07, 6.45) is 12.6. The summed E-state index contributed by atoms with van der Waals surface area (Å²) in [5.41, 5.74) is 0.600. The summed E-state index contributed by atoms with van der Waals surface area (Å²) in [4.78, 5) is 0. The summed E-state index contributed by atoms with van der Waals surface area (Å²) in [6, 6.07) is 0. The molecule has 0 aliphatic rings. The Morgan fingerprint density at radius 2 is 1.35 bits per heavy atom. The molecular weight excluding hydrogens is 240 g/mol. The van der Waals surface area contributed by atoms with Crippen molar-refractivity contribution in [3.8, 4) is 0 Å². The largest absolute Gasteiger partial charge is 0.0654 e. The van der Waals surface area contributed by atoms with Crippen molar-refractivity contribution in [2.45, 2.75) is 106 Å². The maximum absolute atomic E-state index is 2.53. The van der Waals surface area contributed by atoms with Gasteiger partial charge in [0, 0.05) is 0 Å². The smallest absolute Gasteiger partial charge is 0.0272 e. The molecule has 0 aliphatic heterocycles. The minimum Gasteiger partial charge on any atom is -0.0654 e. The van der Waals surface area contributed by atoms with E-state index in [-0.39, 0.29) is 0 Å². The molecule has 122 valence electrons. The van der Waals surface area contributed by atoms with Crippen molar-refractivity contribution in [1.29, 1.82) is 0 Å². The molecule has 0 aliphatic carbocycles. The van der Waals surface area contributed by atoms with Crippen LogP contribution in [0, 0.1) is 23.2 Å². The van der Waals surface area contributed by atoms with Crippen LogP contribution >= 0.6 is 0 Å². The van der Waals surface area contributed by atoms with Crippen LogP contribution in [0.4, 0.5) is 0 Å². The second kappa shape index (κ2) is 10.7. The van der Waals surface area contributed by atoms with Gasteiger partial charge in [0.15, 0.2) is 0 Å². The fourth-order valence-corrected chi connectivity index (χ4v) is 4.30. The Bertz CT molecular complexity index is 210. The Morgan fingerprint density at radius 3 is 1.70 bits per heavy atom. The Labute approximate surface area is 130 Å². The summed E-state index contributed by atoms with van der Waals surface area (Å²) >= 11 is 0. The lowest BCUT2D eigenvalue weighted by atomic mass is 9.64. The number of rotatable bonds is 12. The molecule has 0 nitrogen and oxygen atoms in total. The quantitative estimate of drug-likeness (QED) is 0.348. The first-order valence-corrected chi connectivity index (χ1v) is 9.47. The van der Waals surface area contributed by atoms with Crippen LogP contribution in [0.15, 0.2) is 0 Å². The van der Waals surface area contributed by atoms with Crippen molar-refractivity contribution in [3.63, 3.8) is 0 Å². The molecule has 2 atom stereocenters. The molecule has 0 aromatic carbocycles. The van der Waals surface area contributed by atoms with E-state index in [9.17, 15) is 0 Å². The minimum absolute atomic E-state index is 0.600. The van der Waals surface area contributed by atoms with Crippen molar-refractivity contribution in [1.82, 2.24) is 0 Å². The topological polar surface area (TPSA) is 0 Å². The second-order valence-corrected chi connectivity index (χ2v) is 7.51. The van der Waals surface area contributed by atoms with E-state index in [1.54, 1.807) is 0 Å². The van der Waals surface area contributed by atoms with Gasteiger partial charge in [-0.15, -0.1) is 0 Å². The first-order chi connectivity index (χ1) is 9.47. The summed E-state index contributed by atoms with van der Waals surface area (Å²) in [7, 11) is 0. The van der Waals surface area contributed by atoms with Crippen LogP contribution < -0.4 is 0 Å². The van der Waals surface area contributed by atoms with Gasteiger partial charge in [0.25, 0.3) is 0 Å². The normalized spacial score (nSPS) is 15.6. The molecule has 0 saturated carbocycles. The van der Waals surface area contributed by atoms with Crippen molar-refractivity contribution in [2.75, 3.05) is 0 Å². The van der Waals surface area contributed by atoms with Gasteiger partial charge in [0.05, 0.1) is 0 Å². The predicted octanol–water partition coefficient (Wildman–Crippen LogP) is 7.47. The molecule has 0 fully saturated rings. The third-order valence-electron chi connectivity index (χ3n) is 5.71. The highest BCUT2D eigenvalue weighted by molar-refractivity contribution is 4.85. The maximum atomic E-state index is 2.53. The van der Waals surface area contributed by atoms with Gasteiger partial charge in [-0.1, -0.05) is 87.0 Å². The van der Waals surface area contributed by atoms with Crippen molar-refractivity contribution < 1.29 is 0 Å². The maximum Gasteiger partial charge on any atom is -0.0272 e. The average Bonchev–Trinajstić information content (AvgIpc) is 2.39. The van der Waals surface area contributed by atoms with E-state index in [1.165, 1.54) is 57.8 Å². The predicted molar refractivity (Wildman–Crippen MR) is 94.2 cm³/mol. The summed E-state index contributed by atoms with van der Waals surface area (Å²) in [5.74, 6) is 2.67. The summed E-state index contributed by atoms with van der Waals surface area (Å²) in [5, 5.41) is 0. The zero-order chi connectivity index (χ0) is 15.6. The highest BCUT2D eigenvalue weighted by Crippen LogP contribution is 2.45. The van der Waals surface area contributed by atoms with Crippen LogP contribution in [-0.4, -0.2) is 0 Å². The number of hydrogen-bond acceptors (Lipinski definition) is 0. The molecular formula is C20H42. The number of hydrogen-bond donors (Lipinski definition) is 0. The fraction of sp³-hybridized carbons (Fsp3) is 1.00. The van der Waals surface area contributed by atoms with Crippen molar-refractivity contribution in [2.24, 2.45) is 23.2 Å². The molecule has 0 rings (SSSR count). The molecule has 0 heterocycles. The van der Waals surface area contributed by atoms with Gasteiger partial charge in [-0.3, -0.25) is 0 Å².